The van der Waals surface area contributed by atoms with Crippen LogP contribution in [0.2, 0.25) is 0 Å². The summed E-state index contributed by atoms with van der Waals surface area (Å²) in [6, 6.07) is 7.58. The molecule has 20 heavy (non-hydrogen) atoms. The number of nitrogens with zero attached hydrogens (tertiary/aromatic N) is 2. The molecule has 6 heteroatoms. The van der Waals surface area contributed by atoms with E-state index in [-0.39, 0.29) is 11.9 Å². The molecular formula is C14H18BrN3OS. The number of halogens is 1. The van der Waals surface area contributed by atoms with E-state index in [9.17, 15) is 4.79 Å². The van der Waals surface area contributed by atoms with E-state index < -0.39 is 0 Å². The number of thiocarbonyl (C=S) groups is 1. The van der Waals surface area contributed by atoms with Gasteiger partial charge in [-0.25, -0.2) is 0 Å². The highest BCUT2D eigenvalue weighted by atomic mass is 79.9. The van der Waals surface area contributed by atoms with Crippen LogP contribution >= 0.6 is 28.1 Å². The Bertz CT molecular complexity index is 515. The van der Waals surface area contributed by atoms with Crippen molar-refractivity contribution in [3.05, 3.63) is 34.3 Å². The van der Waals surface area contributed by atoms with Crippen molar-refractivity contribution < 1.29 is 4.79 Å². The highest BCUT2D eigenvalue weighted by Crippen LogP contribution is 2.15. The van der Waals surface area contributed by atoms with Gasteiger partial charge in [-0.3, -0.25) is 9.69 Å². The van der Waals surface area contributed by atoms with Crippen LogP contribution in [-0.4, -0.2) is 52.9 Å². The van der Waals surface area contributed by atoms with Crippen LogP contribution in [0.4, 0.5) is 0 Å². The highest BCUT2D eigenvalue weighted by molar-refractivity contribution is 9.10. The van der Waals surface area contributed by atoms with E-state index in [2.05, 4.69) is 20.8 Å². The summed E-state index contributed by atoms with van der Waals surface area (Å²) in [5.41, 5.74) is 6.39. The molecule has 0 aromatic heterocycles. The summed E-state index contributed by atoms with van der Waals surface area (Å²) in [4.78, 5) is 17.0. The topological polar surface area (TPSA) is 49.6 Å². The number of amides is 1. The summed E-state index contributed by atoms with van der Waals surface area (Å²) in [6.07, 6.45) is 0. The summed E-state index contributed by atoms with van der Waals surface area (Å²) in [7, 11) is 0. The van der Waals surface area contributed by atoms with Crippen LogP contribution in [0.25, 0.3) is 0 Å². The van der Waals surface area contributed by atoms with Gasteiger partial charge in [-0.05, 0) is 25.1 Å². The molecular weight excluding hydrogens is 338 g/mol. The number of rotatable bonds is 3. The first-order valence-electron chi connectivity index (χ1n) is 6.57. The molecule has 2 rings (SSSR count). The Morgan fingerprint density at radius 3 is 2.55 bits per heavy atom. The van der Waals surface area contributed by atoms with E-state index in [4.69, 9.17) is 18.0 Å². The molecule has 1 heterocycles. The van der Waals surface area contributed by atoms with Gasteiger partial charge in [-0.15, -0.1) is 0 Å². The molecule has 0 radical (unpaired) electrons. The Morgan fingerprint density at radius 2 is 2.00 bits per heavy atom. The smallest absolute Gasteiger partial charge is 0.253 e. The van der Waals surface area contributed by atoms with Crippen molar-refractivity contribution in [2.75, 3.05) is 26.2 Å². The molecule has 4 nitrogen and oxygen atoms in total. The van der Waals surface area contributed by atoms with Crippen molar-refractivity contribution in [3.8, 4) is 0 Å². The molecule has 108 valence electrons. The number of carbonyl (C=O) groups is 1. The minimum absolute atomic E-state index is 0.0777. The predicted molar refractivity (Wildman–Crippen MR) is 87.9 cm³/mol. The Hall–Kier alpha value is -0.980. The van der Waals surface area contributed by atoms with Gasteiger partial charge < -0.3 is 10.6 Å². The number of nitrogens with two attached hydrogens (primary N) is 1. The lowest BCUT2D eigenvalue weighted by Gasteiger charge is -2.37. The molecule has 1 aromatic rings. The van der Waals surface area contributed by atoms with E-state index in [0.717, 1.165) is 23.1 Å². The standard InChI is InChI=1S/C14H18BrN3OS/c1-10(13(16)20)17-5-7-18(8-6-17)14(19)11-3-2-4-12(15)9-11/h2-4,9-10H,5-8H2,1H3,(H2,16,20). The normalized spacial score (nSPS) is 17.8. The lowest BCUT2D eigenvalue weighted by molar-refractivity contribution is 0.0621. The van der Waals surface area contributed by atoms with Crippen LogP contribution in [0.5, 0.6) is 0 Å². The SMILES string of the molecule is CC(C(N)=S)N1CCN(C(=O)c2cccc(Br)c2)CC1. The van der Waals surface area contributed by atoms with E-state index >= 15 is 0 Å². The summed E-state index contributed by atoms with van der Waals surface area (Å²) in [5.74, 6) is 0.0777. The van der Waals surface area contributed by atoms with E-state index in [1.165, 1.54) is 0 Å². The van der Waals surface area contributed by atoms with Gasteiger partial charge in [0.25, 0.3) is 5.91 Å². The zero-order valence-electron chi connectivity index (χ0n) is 11.4. The fraction of sp³-hybridized carbons (Fsp3) is 0.429. The molecule has 1 aromatic carbocycles. The lowest BCUT2D eigenvalue weighted by Crippen LogP contribution is -2.53. The molecule has 0 saturated carbocycles. The minimum Gasteiger partial charge on any atom is -0.392 e. The molecule has 1 fully saturated rings. The fourth-order valence-corrected chi connectivity index (χ4v) is 2.84. The third kappa shape index (κ3) is 3.56. The maximum Gasteiger partial charge on any atom is 0.253 e. The van der Waals surface area contributed by atoms with E-state index in [1.54, 1.807) is 0 Å². The molecule has 1 saturated heterocycles. The quantitative estimate of drug-likeness (QED) is 0.841. The molecule has 1 aliphatic rings. The van der Waals surface area contributed by atoms with Crippen LogP contribution in [0, 0.1) is 0 Å². The summed E-state index contributed by atoms with van der Waals surface area (Å²) in [5, 5.41) is 0. The van der Waals surface area contributed by atoms with Gasteiger partial charge in [0.1, 0.15) is 0 Å². The zero-order valence-corrected chi connectivity index (χ0v) is 13.8. The molecule has 1 atom stereocenters. The van der Waals surface area contributed by atoms with E-state index in [0.29, 0.717) is 18.1 Å². The molecule has 0 spiro atoms. The highest BCUT2D eigenvalue weighted by Gasteiger charge is 2.25. The Balaban J connectivity index is 1.97. The first-order chi connectivity index (χ1) is 9.49. The first kappa shape index (κ1) is 15.4. The molecule has 1 unspecified atom stereocenters. The maximum atomic E-state index is 12.4. The van der Waals surface area contributed by atoms with Gasteiger partial charge in [-0.2, -0.15) is 0 Å². The van der Waals surface area contributed by atoms with Gasteiger partial charge in [0.05, 0.1) is 11.0 Å². The van der Waals surface area contributed by atoms with Crippen LogP contribution in [-0.2, 0) is 0 Å². The van der Waals surface area contributed by atoms with Gasteiger partial charge in [0.2, 0.25) is 0 Å². The molecule has 1 amide bonds. The van der Waals surface area contributed by atoms with Crippen molar-refractivity contribution >= 4 is 39.0 Å². The van der Waals surface area contributed by atoms with Crippen molar-refractivity contribution in [2.45, 2.75) is 13.0 Å². The van der Waals surface area contributed by atoms with Gasteiger partial charge in [0, 0.05) is 36.2 Å². The average Bonchev–Trinajstić information content (AvgIpc) is 2.46. The second kappa shape index (κ2) is 6.65. The monoisotopic (exact) mass is 355 g/mol. The van der Waals surface area contributed by atoms with Crippen molar-refractivity contribution in [2.24, 2.45) is 5.73 Å². The third-order valence-electron chi connectivity index (χ3n) is 3.63. The number of hydrogen-bond donors (Lipinski definition) is 1. The van der Waals surface area contributed by atoms with Crippen LogP contribution in [0.1, 0.15) is 17.3 Å². The first-order valence-corrected chi connectivity index (χ1v) is 7.77. The van der Waals surface area contributed by atoms with Gasteiger partial charge in [0.15, 0.2) is 0 Å². The summed E-state index contributed by atoms with van der Waals surface area (Å²) < 4.78 is 0.920. The Kier molecular flexibility index (Phi) is 5.12. The Labute approximate surface area is 133 Å². The van der Waals surface area contributed by atoms with Crippen LogP contribution in [0.15, 0.2) is 28.7 Å². The van der Waals surface area contributed by atoms with Crippen molar-refractivity contribution in [1.82, 2.24) is 9.80 Å². The third-order valence-corrected chi connectivity index (χ3v) is 4.47. The average molecular weight is 356 g/mol. The summed E-state index contributed by atoms with van der Waals surface area (Å²) >= 11 is 8.41. The zero-order chi connectivity index (χ0) is 14.7. The number of carbonyl (C=O) groups excluding carboxylic acids is 1. The number of hydrogen-bond acceptors (Lipinski definition) is 3. The molecule has 0 aliphatic carbocycles. The number of benzene rings is 1. The van der Waals surface area contributed by atoms with Crippen molar-refractivity contribution in [1.29, 1.82) is 0 Å². The molecule has 0 bridgehead atoms. The second-order valence-electron chi connectivity index (χ2n) is 4.92. The minimum atomic E-state index is 0.0777. The van der Waals surface area contributed by atoms with Crippen molar-refractivity contribution in [3.63, 3.8) is 0 Å². The largest absolute Gasteiger partial charge is 0.392 e. The molecule has 2 N–H and O–H groups in total. The van der Waals surface area contributed by atoms with Crippen LogP contribution < -0.4 is 5.73 Å². The molecule has 1 aliphatic heterocycles. The Morgan fingerprint density at radius 1 is 1.35 bits per heavy atom. The lowest BCUT2D eigenvalue weighted by atomic mass is 10.1. The summed E-state index contributed by atoms with van der Waals surface area (Å²) in [6.45, 7) is 5.03. The predicted octanol–water partition coefficient (Wildman–Crippen LogP) is 1.88. The number of piperazine rings is 1. The maximum absolute atomic E-state index is 12.4. The van der Waals surface area contributed by atoms with Gasteiger partial charge in [-0.1, -0.05) is 34.2 Å². The fourth-order valence-electron chi connectivity index (χ4n) is 2.30. The van der Waals surface area contributed by atoms with Crippen LogP contribution in [0.3, 0.4) is 0 Å². The second-order valence-corrected chi connectivity index (χ2v) is 6.30. The van der Waals surface area contributed by atoms with Gasteiger partial charge >= 0.3 is 0 Å². The van der Waals surface area contributed by atoms with E-state index in [1.807, 2.05) is 36.1 Å².